The van der Waals surface area contributed by atoms with Crippen LogP contribution in [0.3, 0.4) is 0 Å². The Morgan fingerprint density at radius 2 is 2.36 bits per heavy atom. The third-order valence-corrected chi connectivity index (χ3v) is 4.67. The van der Waals surface area contributed by atoms with Crippen LogP contribution in [-0.4, -0.2) is 46.3 Å². The van der Waals surface area contributed by atoms with Gasteiger partial charge in [-0.05, 0) is 19.1 Å². The van der Waals surface area contributed by atoms with E-state index in [1.54, 1.807) is 23.5 Å². The Bertz CT molecular complexity index is 703. The van der Waals surface area contributed by atoms with Crippen LogP contribution < -0.4 is 0 Å². The van der Waals surface area contributed by atoms with E-state index in [2.05, 4.69) is 4.98 Å². The lowest BCUT2D eigenvalue weighted by molar-refractivity contribution is 0.0631. The van der Waals surface area contributed by atoms with Gasteiger partial charge in [0.2, 0.25) is 0 Å². The number of halogens is 1. The predicted molar refractivity (Wildman–Crippen MR) is 83.7 cm³/mol. The van der Waals surface area contributed by atoms with Crippen LogP contribution in [0.15, 0.2) is 29.6 Å². The maximum Gasteiger partial charge on any atom is 0.253 e. The van der Waals surface area contributed by atoms with Crippen LogP contribution in [0.4, 0.5) is 4.39 Å². The number of thiazole rings is 1. The van der Waals surface area contributed by atoms with Crippen molar-refractivity contribution in [3.8, 4) is 11.3 Å². The van der Waals surface area contributed by atoms with Gasteiger partial charge >= 0.3 is 0 Å². The summed E-state index contributed by atoms with van der Waals surface area (Å²) in [4.78, 5) is 18.4. The Kier molecular flexibility index (Phi) is 3.97. The van der Waals surface area contributed by atoms with E-state index in [1.807, 2.05) is 24.4 Å². The zero-order valence-electron chi connectivity index (χ0n) is 12.3. The van der Waals surface area contributed by atoms with Gasteiger partial charge in [0.15, 0.2) is 5.67 Å². The van der Waals surface area contributed by atoms with Crippen molar-refractivity contribution in [3.63, 3.8) is 0 Å². The normalized spacial score (nSPS) is 21.3. The molecule has 1 aliphatic rings. The lowest BCUT2D eigenvalue weighted by atomic mass is 10.1. The summed E-state index contributed by atoms with van der Waals surface area (Å²) in [5.74, 6) is -0.207. The summed E-state index contributed by atoms with van der Waals surface area (Å²) in [5, 5.41) is 12.0. The summed E-state index contributed by atoms with van der Waals surface area (Å²) >= 11 is 1.56. The number of carbonyl (C=O) groups excluding carboxylic acids is 1. The lowest BCUT2D eigenvalue weighted by Crippen LogP contribution is -2.35. The van der Waals surface area contributed by atoms with Crippen LogP contribution in [0.25, 0.3) is 11.3 Å². The number of carbonyl (C=O) groups is 1. The average Bonchev–Trinajstić information content (AvgIpc) is 3.14. The summed E-state index contributed by atoms with van der Waals surface area (Å²) < 4.78 is 14.1. The largest absolute Gasteiger partial charge is 0.393 e. The Hall–Kier alpha value is -1.79. The van der Waals surface area contributed by atoms with Gasteiger partial charge in [0, 0.05) is 29.5 Å². The molecule has 1 fully saturated rings. The minimum atomic E-state index is -1.67. The van der Waals surface area contributed by atoms with E-state index in [0.29, 0.717) is 12.1 Å². The number of hydrogen-bond acceptors (Lipinski definition) is 4. The maximum absolute atomic E-state index is 14.1. The second-order valence-corrected chi connectivity index (χ2v) is 6.68. The molecule has 0 radical (unpaired) electrons. The van der Waals surface area contributed by atoms with Crippen molar-refractivity contribution in [3.05, 3.63) is 40.2 Å². The molecular weight excluding hydrogens is 303 g/mol. The summed E-state index contributed by atoms with van der Waals surface area (Å²) in [6.45, 7) is 1.66. The molecule has 1 unspecified atom stereocenters. The number of aliphatic hydroxyl groups is 1. The first-order valence-electron chi connectivity index (χ1n) is 7.12. The molecular formula is C16H17FN2O2S. The fraction of sp³-hybridized carbons (Fsp3) is 0.375. The van der Waals surface area contributed by atoms with Crippen molar-refractivity contribution in [2.45, 2.75) is 19.0 Å². The minimum Gasteiger partial charge on any atom is -0.393 e. The van der Waals surface area contributed by atoms with Crippen molar-refractivity contribution in [2.24, 2.45) is 0 Å². The van der Waals surface area contributed by atoms with Gasteiger partial charge in [-0.3, -0.25) is 4.79 Å². The van der Waals surface area contributed by atoms with E-state index in [1.165, 1.54) is 4.90 Å². The highest BCUT2D eigenvalue weighted by atomic mass is 32.1. The van der Waals surface area contributed by atoms with Crippen molar-refractivity contribution in [2.75, 3.05) is 19.7 Å². The molecule has 1 saturated heterocycles. The van der Waals surface area contributed by atoms with E-state index in [0.717, 1.165) is 16.3 Å². The Balaban J connectivity index is 1.82. The second-order valence-electron chi connectivity index (χ2n) is 5.62. The first-order chi connectivity index (χ1) is 10.5. The van der Waals surface area contributed by atoms with Gasteiger partial charge in [0.25, 0.3) is 5.91 Å². The Morgan fingerprint density at radius 3 is 3.00 bits per heavy atom. The highest BCUT2D eigenvalue weighted by Gasteiger charge is 2.39. The number of rotatable bonds is 3. The zero-order valence-corrected chi connectivity index (χ0v) is 13.1. The topological polar surface area (TPSA) is 53.4 Å². The van der Waals surface area contributed by atoms with Crippen molar-refractivity contribution < 1.29 is 14.3 Å². The SMILES string of the molecule is Cc1nc(-c2cccc(C(=O)N3CCC(F)(CO)C3)c2)cs1. The molecule has 6 heteroatoms. The van der Waals surface area contributed by atoms with Gasteiger partial charge in [-0.25, -0.2) is 9.37 Å². The fourth-order valence-corrected chi connectivity index (χ4v) is 3.25. The van der Waals surface area contributed by atoms with Crippen molar-refractivity contribution in [1.29, 1.82) is 0 Å². The minimum absolute atomic E-state index is 0.0532. The number of benzene rings is 1. The molecule has 116 valence electrons. The molecule has 2 aromatic rings. The Morgan fingerprint density at radius 1 is 1.55 bits per heavy atom. The number of aryl methyl sites for hydroxylation is 1. The lowest BCUT2D eigenvalue weighted by Gasteiger charge is -2.19. The molecule has 4 nitrogen and oxygen atoms in total. The summed E-state index contributed by atoms with van der Waals surface area (Å²) in [6.07, 6.45) is 0.181. The third kappa shape index (κ3) is 2.89. The molecule has 1 atom stereocenters. The van der Waals surface area contributed by atoms with Gasteiger partial charge in [0.05, 0.1) is 23.9 Å². The molecule has 3 rings (SSSR count). The van der Waals surface area contributed by atoms with Gasteiger partial charge in [-0.15, -0.1) is 11.3 Å². The fourth-order valence-electron chi connectivity index (χ4n) is 2.63. The monoisotopic (exact) mass is 320 g/mol. The molecule has 1 aromatic heterocycles. The Labute approximate surface area is 132 Å². The molecule has 0 saturated carbocycles. The quantitative estimate of drug-likeness (QED) is 0.946. The average molecular weight is 320 g/mol. The van der Waals surface area contributed by atoms with Crippen LogP contribution in [-0.2, 0) is 0 Å². The molecule has 1 aliphatic heterocycles. The van der Waals surface area contributed by atoms with Gasteiger partial charge in [-0.2, -0.15) is 0 Å². The number of nitrogens with zero attached hydrogens (tertiary/aromatic N) is 2. The predicted octanol–water partition coefficient (Wildman–Crippen LogP) is 2.67. The number of likely N-dealkylation sites (tertiary alicyclic amines) is 1. The first kappa shape index (κ1) is 15.1. The van der Waals surface area contributed by atoms with E-state index in [9.17, 15) is 9.18 Å². The summed E-state index contributed by atoms with van der Waals surface area (Å²) in [7, 11) is 0. The maximum atomic E-state index is 14.1. The van der Waals surface area contributed by atoms with Gasteiger partial charge in [0.1, 0.15) is 0 Å². The van der Waals surface area contributed by atoms with Crippen molar-refractivity contribution >= 4 is 17.2 Å². The molecule has 1 N–H and O–H groups in total. The van der Waals surface area contributed by atoms with E-state index in [4.69, 9.17) is 5.11 Å². The zero-order chi connectivity index (χ0) is 15.7. The van der Waals surface area contributed by atoms with Gasteiger partial charge < -0.3 is 10.0 Å². The van der Waals surface area contributed by atoms with Crippen LogP contribution in [0, 0.1) is 6.92 Å². The molecule has 22 heavy (non-hydrogen) atoms. The van der Waals surface area contributed by atoms with Gasteiger partial charge in [-0.1, -0.05) is 12.1 Å². The highest BCUT2D eigenvalue weighted by molar-refractivity contribution is 7.09. The smallest absolute Gasteiger partial charge is 0.253 e. The number of aliphatic hydroxyl groups excluding tert-OH is 1. The summed E-state index contributed by atoms with van der Waals surface area (Å²) in [6, 6.07) is 7.22. The highest BCUT2D eigenvalue weighted by Crippen LogP contribution is 2.27. The number of aromatic nitrogens is 1. The number of amides is 1. The third-order valence-electron chi connectivity index (χ3n) is 3.90. The standard InChI is InChI=1S/C16H17FN2O2S/c1-11-18-14(8-22-11)12-3-2-4-13(7-12)15(21)19-6-5-16(17,9-19)10-20/h2-4,7-8,20H,5-6,9-10H2,1H3. The molecule has 0 spiro atoms. The first-order valence-corrected chi connectivity index (χ1v) is 8.00. The molecule has 0 bridgehead atoms. The molecule has 1 aromatic carbocycles. The van der Waals surface area contributed by atoms with Crippen LogP contribution in [0.5, 0.6) is 0 Å². The number of alkyl halides is 1. The van der Waals surface area contributed by atoms with Crippen LogP contribution in [0.1, 0.15) is 21.8 Å². The van der Waals surface area contributed by atoms with E-state index >= 15 is 0 Å². The number of hydrogen-bond donors (Lipinski definition) is 1. The second kappa shape index (κ2) is 5.78. The van der Waals surface area contributed by atoms with E-state index < -0.39 is 12.3 Å². The molecule has 2 heterocycles. The van der Waals surface area contributed by atoms with Crippen LogP contribution in [0.2, 0.25) is 0 Å². The molecule has 1 amide bonds. The van der Waals surface area contributed by atoms with Crippen LogP contribution >= 0.6 is 11.3 Å². The van der Waals surface area contributed by atoms with Crippen molar-refractivity contribution in [1.82, 2.24) is 9.88 Å². The van der Waals surface area contributed by atoms with E-state index in [-0.39, 0.29) is 18.9 Å². The molecule has 0 aliphatic carbocycles. The summed E-state index contributed by atoms with van der Waals surface area (Å²) in [5.41, 5.74) is 0.571.